The molecule has 1 unspecified atom stereocenters. The Morgan fingerprint density at radius 3 is 2.05 bits per heavy atom. The van der Waals surface area contributed by atoms with E-state index in [1.54, 1.807) is 0 Å². The number of hydrogen-bond donors (Lipinski definition) is 1. The number of carbonyl (C=O) groups is 1. The predicted octanol–water partition coefficient (Wildman–Crippen LogP) is 4.32. The maximum Gasteiger partial charge on any atom is 0.152 e. The van der Waals surface area contributed by atoms with Gasteiger partial charge in [-0.15, -0.1) is 0 Å². The first-order valence-corrected chi connectivity index (χ1v) is 8.32. The Hall–Kier alpha value is -0.370. The lowest BCUT2D eigenvalue weighted by Gasteiger charge is -2.47. The summed E-state index contributed by atoms with van der Waals surface area (Å²) in [6, 6.07) is -0.213. The van der Waals surface area contributed by atoms with E-state index in [1.165, 1.54) is 44.9 Å². The fourth-order valence-corrected chi connectivity index (χ4v) is 3.61. The van der Waals surface area contributed by atoms with Gasteiger partial charge in [0.25, 0.3) is 0 Å². The molecule has 1 atom stereocenters. The van der Waals surface area contributed by atoms with Crippen LogP contribution in [0.1, 0.15) is 79.1 Å². The van der Waals surface area contributed by atoms with Crippen molar-refractivity contribution in [2.45, 2.75) is 85.1 Å². The number of rotatable bonds is 4. The summed E-state index contributed by atoms with van der Waals surface area (Å²) in [6.45, 7) is 7.90. The van der Waals surface area contributed by atoms with E-state index in [4.69, 9.17) is 5.73 Å². The highest BCUT2D eigenvalue weighted by atomic mass is 16.1. The second-order valence-electron chi connectivity index (χ2n) is 6.70. The quantitative estimate of drug-likeness (QED) is 0.824. The summed E-state index contributed by atoms with van der Waals surface area (Å²) in [5.74, 6) is 1.04. The van der Waals surface area contributed by atoms with Gasteiger partial charge in [-0.05, 0) is 56.3 Å². The van der Waals surface area contributed by atoms with Crippen molar-refractivity contribution in [2.24, 2.45) is 23.0 Å². The van der Waals surface area contributed by atoms with Crippen molar-refractivity contribution in [3.63, 3.8) is 0 Å². The van der Waals surface area contributed by atoms with E-state index >= 15 is 0 Å². The average Bonchev–Trinajstić information content (AvgIpc) is 2.39. The SMILES string of the molecule is CC.CC(C)C(=O)C(N)CC1CCC2(CCC2)CC1. The summed E-state index contributed by atoms with van der Waals surface area (Å²) in [4.78, 5) is 11.8. The van der Waals surface area contributed by atoms with Crippen molar-refractivity contribution < 1.29 is 4.79 Å². The van der Waals surface area contributed by atoms with Gasteiger partial charge in [0.2, 0.25) is 0 Å². The Morgan fingerprint density at radius 1 is 1.16 bits per heavy atom. The van der Waals surface area contributed by atoms with Crippen LogP contribution in [0.15, 0.2) is 0 Å². The number of nitrogens with two attached hydrogens (primary N) is 1. The maximum atomic E-state index is 11.8. The van der Waals surface area contributed by atoms with Crippen molar-refractivity contribution in [1.29, 1.82) is 0 Å². The first kappa shape index (κ1) is 16.7. The van der Waals surface area contributed by atoms with Gasteiger partial charge in [0, 0.05) is 5.92 Å². The van der Waals surface area contributed by atoms with E-state index in [0.717, 1.165) is 11.8 Å². The molecule has 19 heavy (non-hydrogen) atoms. The molecule has 0 aromatic carbocycles. The molecule has 2 aliphatic carbocycles. The van der Waals surface area contributed by atoms with Gasteiger partial charge in [0.1, 0.15) is 0 Å². The molecule has 2 fully saturated rings. The minimum atomic E-state index is -0.213. The third-order valence-corrected chi connectivity index (χ3v) is 5.10. The third kappa shape index (κ3) is 4.30. The fourth-order valence-electron chi connectivity index (χ4n) is 3.61. The van der Waals surface area contributed by atoms with E-state index in [9.17, 15) is 4.79 Å². The lowest BCUT2D eigenvalue weighted by Crippen LogP contribution is -2.39. The first-order valence-electron chi connectivity index (χ1n) is 8.32. The lowest BCUT2D eigenvalue weighted by molar-refractivity contribution is -0.123. The molecular weight excluding hydrogens is 234 g/mol. The van der Waals surface area contributed by atoms with Crippen LogP contribution in [0.25, 0.3) is 0 Å². The Bertz CT molecular complexity index is 271. The van der Waals surface area contributed by atoms with Crippen molar-refractivity contribution in [3.05, 3.63) is 0 Å². The van der Waals surface area contributed by atoms with Crippen LogP contribution in [0.5, 0.6) is 0 Å². The van der Waals surface area contributed by atoms with Crippen molar-refractivity contribution in [3.8, 4) is 0 Å². The second kappa shape index (κ2) is 7.42. The summed E-state index contributed by atoms with van der Waals surface area (Å²) in [6.07, 6.45) is 10.7. The summed E-state index contributed by atoms with van der Waals surface area (Å²) >= 11 is 0. The number of hydrogen-bond acceptors (Lipinski definition) is 2. The number of carbonyl (C=O) groups excluding carboxylic acids is 1. The zero-order valence-corrected chi connectivity index (χ0v) is 13.4. The average molecular weight is 267 g/mol. The summed E-state index contributed by atoms with van der Waals surface area (Å²) < 4.78 is 0. The predicted molar refractivity (Wildman–Crippen MR) is 82.0 cm³/mol. The van der Waals surface area contributed by atoms with Crippen LogP contribution in [0.4, 0.5) is 0 Å². The Morgan fingerprint density at radius 2 is 1.68 bits per heavy atom. The van der Waals surface area contributed by atoms with Gasteiger partial charge in [-0.1, -0.05) is 34.1 Å². The number of Topliss-reactive ketones (excluding diaryl/α,β-unsaturated/α-hetero) is 1. The molecule has 0 radical (unpaired) electrons. The van der Waals surface area contributed by atoms with Gasteiger partial charge in [0.15, 0.2) is 5.78 Å². The molecule has 0 aliphatic heterocycles. The highest BCUT2D eigenvalue weighted by Crippen LogP contribution is 2.53. The zero-order valence-electron chi connectivity index (χ0n) is 13.4. The van der Waals surface area contributed by atoms with Crippen molar-refractivity contribution in [1.82, 2.24) is 0 Å². The standard InChI is InChI=1S/C15H27NO.C2H6/c1-11(2)14(17)13(16)10-12-4-8-15(9-5-12)6-3-7-15;1-2/h11-13H,3-10,16H2,1-2H3;1-2H3. The molecule has 0 aromatic heterocycles. The van der Waals surface area contributed by atoms with E-state index in [-0.39, 0.29) is 17.7 Å². The topological polar surface area (TPSA) is 43.1 Å². The maximum absolute atomic E-state index is 11.8. The highest BCUT2D eigenvalue weighted by molar-refractivity contribution is 5.85. The van der Waals surface area contributed by atoms with Crippen molar-refractivity contribution in [2.75, 3.05) is 0 Å². The fraction of sp³-hybridized carbons (Fsp3) is 0.941. The minimum absolute atomic E-state index is 0.0894. The second-order valence-corrected chi connectivity index (χ2v) is 6.70. The van der Waals surface area contributed by atoms with Crippen LogP contribution in [-0.4, -0.2) is 11.8 Å². The molecule has 2 heteroatoms. The van der Waals surface area contributed by atoms with Crippen LogP contribution in [0.3, 0.4) is 0 Å². The molecule has 2 rings (SSSR count). The van der Waals surface area contributed by atoms with Crippen LogP contribution in [0, 0.1) is 17.3 Å². The third-order valence-electron chi connectivity index (χ3n) is 5.10. The number of ketones is 1. The van der Waals surface area contributed by atoms with E-state index in [2.05, 4.69) is 0 Å². The molecule has 0 saturated heterocycles. The highest BCUT2D eigenvalue weighted by Gasteiger charge is 2.40. The first-order chi connectivity index (χ1) is 9.02. The molecule has 0 heterocycles. The van der Waals surface area contributed by atoms with Gasteiger partial charge < -0.3 is 5.73 Å². The van der Waals surface area contributed by atoms with Crippen molar-refractivity contribution >= 4 is 5.78 Å². The normalized spacial score (nSPS) is 23.5. The molecule has 0 aromatic rings. The summed E-state index contributed by atoms with van der Waals surface area (Å²) in [5.41, 5.74) is 6.74. The Kier molecular flexibility index (Phi) is 6.52. The van der Waals surface area contributed by atoms with E-state index in [0.29, 0.717) is 5.92 Å². The molecule has 1 spiro atoms. The largest absolute Gasteiger partial charge is 0.321 e. The lowest BCUT2D eigenvalue weighted by atomic mass is 9.58. The molecule has 2 N–H and O–H groups in total. The summed E-state index contributed by atoms with van der Waals surface area (Å²) in [7, 11) is 0. The Labute approximate surface area is 119 Å². The van der Waals surface area contributed by atoms with Crippen LogP contribution in [0.2, 0.25) is 0 Å². The molecular formula is C17H33NO. The Balaban J connectivity index is 0.000000861. The van der Waals surface area contributed by atoms with E-state index in [1.807, 2.05) is 27.7 Å². The van der Waals surface area contributed by atoms with Gasteiger partial charge >= 0.3 is 0 Å². The van der Waals surface area contributed by atoms with Crippen LogP contribution in [-0.2, 0) is 4.79 Å². The molecule has 2 aliphatic rings. The molecule has 0 bridgehead atoms. The van der Waals surface area contributed by atoms with E-state index < -0.39 is 0 Å². The van der Waals surface area contributed by atoms with Crippen LogP contribution >= 0.6 is 0 Å². The molecule has 2 nitrogen and oxygen atoms in total. The molecule has 112 valence electrons. The monoisotopic (exact) mass is 267 g/mol. The smallest absolute Gasteiger partial charge is 0.152 e. The van der Waals surface area contributed by atoms with Crippen LogP contribution < -0.4 is 5.73 Å². The molecule has 0 amide bonds. The van der Waals surface area contributed by atoms with Gasteiger partial charge in [-0.2, -0.15) is 0 Å². The minimum Gasteiger partial charge on any atom is -0.321 e. The van der Waals surface area contributed by atoms with Gasteiger partial charge in [-0.3, -0.25) is 4.79 Å². The molecule has 2 saturated carbocycles. The zero-order chi connectivity index (χ0) is 14.5. The van der Waals surface area contributed by atoms with Gasteiger partial charge in [0.05, 0.1) is 6.04 Å². The summed E-state index contributed by atoms with van der Waals surface area (Å²) in [5, 5.41) is 0. The van der Waals surface area contributed by atoms with Gasteiger partial charge in [-0.25, -0.2) is 0 Å².